The van der Waals surface area contributed by atoms with Crippen LogP contribution in [0.1, 0.15) is 24.4 Å². The lowest BCUT2D eigenvalue weighted by atomic mass is 10.0. The van der Waals surface area contributed by atoms with Crippen molar-refractivity contribution < 1.29 is 0 Å². The van der Waals surface area contributed by atoms with Crippen molar-refractivity contribution in [2.75, 3.05) is 6.54 Å². The summed E-state index contributed by atoms with van der Waals surface area (Å²) >= 11 is 0. The molecule has 0 saturated carbocycles. The van der Waals surface area contributed by atoms with Crippen LogP contribution in [0.3, 0.4) is 0 Å². The number of fused-ring (bicyclic) bond motifs is 1. The van der Waals surface area contributed by atoms with Gasteiger partial charge in [-0.05, 0) is 29.3 Å². The van der Waals surface area contributed by atoms with E-state index in [0.717, 1.165) is 18.8 Å². The van der Waals surface area contributed by atoms with Crippen molar-refractivity contribution in [3.05, 3.63) is 66.2 Å². The minimum Gasteiger partial charge on any atom is -0.349 e. The molecule has 1 unspecified atom stereocenters. The smallest absolute Gasteiger partial charge is 0.107 e. The third-order valence-corrected chi connectivity index (χ3v) is 3.64. The molecular formula is C17H19N3. The van der Waals surface area contributed by atoms with Crippen LogP contribution in [0.5, 0.6) is 0 Å². The molecule has 0 fully saturated rings. The number of hydrogen-bond donors (Lipinski definition) is 2. The molecular weight excluding hydrogens is 246 g/mol. The van der Waals surface area contributed by atoms with E-state index in [1.54, 1.807) is 6.20 Å². The van der Waals surface area contributed by atoms with Crippen LogP contribution in [0.2, 0.25) is 0 Å². The monoisotopic (exact) mass is 265 g/mol. The summed E-state index contributed by atoms with van der Waals surface area (Å²) in [6.45, 7) is 3.12. The Hall–Kier alpha value is -2.13. The topological polar surface area (TPSA) is 40.7 Å². The molecule has 3 heteroatoms. The van der Waals surface area contributed by atoms with Crippen molar-refractivity contribution in [3.63, 3.8) is 0 Å². The molecule has 2 aromatic carbocycles. The molecule has 1 aromatic heterocycles. The third kappa shape index (κ3) is 2.89. The zero-order valence-corrected chi connectivity index (χ0v) is 11.6. The molecule has 0 spiro atoms. The van der Waals surface area contributed by atoms with Gasteiger partial charge >= 0.3 is 0 Å². The number of hydrogen-bond acceptors (Lipinski definition) is 2. The van der Waals surface area contributed by atoms with E-state index in [2.05, 4.69) is 64.7 Å². The van der Waals surface area contributed by atoms with Gasteiger partial charge in [-0.1, -0.05) is 36.4 Å². The standard InChI is InChI=1S/C17H19N3/c1-13(18-9-8-17-19-10-11-20-17)15-7-6-14-4-2-3-5-16(14)12-15/h2-7,10-13,18H,8-9H2,1H3,(H,19,20). The molecule has 0 bridgehead atoms. The van der Waals surface area contributed by atoms with Crippen LogP contribution in [0.25, 0.3) is 10.8 Å². The first-order valence-electron chi connectivity index (χ1n) is 7.03. The SMILES string of the molecule is CC(NCCc1ncc[nH]1)c1ccc2ccccc2c1. The summed E-state index contributed by atoms with van der Waals surface area (Å²) in [7, 11) is 0. The van der Waals surface area contributed by atoms with Crippen molar-refractivity contribution in [1.29, 1.82) is 0 Å². The van der Waals surface area contributed by atoms with Crippen LogP contribution in [0.4, 0.5) is 0 Å². The van der Waals surface area contributed by atoms with E-state index >= 15 is 0 Å². The number of nitrogens with one attached hydrogen (secondary N) is 2. The second-order valence-electron chi connectivity index (χ2n) is 5.07. The molecule has 0 radical (unpaired) electrons. The lowest BCUT2D eigenvalue weighted by Crippen LogP contribution is -2.21. The van der Waals surface area contributed by atoms with Gasteiger partial charge in [-0.15, -0.1) is 0 Å². The molecule has 2 N–H and O–H groups in total. The van der Waals surface area contributed by atoms with E-state index in [0.29, 0.717) is 6.04 Å². The van der Waals surface area contributed by atoms with Crippen molar-refractivity contribution >= 4 is 10.8 Å². The number of aromatic nitrogens is 2. The summed E-state index contributed by atoms with van der Waals surface area (Å²) < 4.78 is 0. The quantitative estimate of drug-likeness (QED) is 0.741. The molecule has 3 nitrogen and oxygen atoms in total. The van der Waals surface area contributed by atoms with E-state index < -0.39 is 0 Å². The maximum atomic E-state index is 4.23. The number of rotatable bonds is 5. The summed E-state index contributed by atoms with van der Waals surface area (Å²) in [5.41, 5.74) is 1.32. The van der Waals surface area contributed by atoms with Crippen molar-refractivity contribution in [2.45, 2.75) is 19.4 Å². The van der Waals surface area contributed by atoms with Gasteiger partial charge in [0.05, 0.1) is 0 Å². The Labute approximate surface area is 119 Å². The maximum absolute atomic E-state index is 4.23. The Morgan fingerprint density at radius 1 is 1.15 bits per heavy atom. The van der Waals surface area contributed by atoms with Gasteiger partial charge in [-0.25, -0.2) is 4.98 Å². The fourth-order valence-electron chi connectivity index (χ4n) is 2.44. The first kappa shape index (κ1) is 12.9. The summed E-state index contributed by atoms with van der Waals surface area (Å²) in [6.07, 6.45) is 4.58. The van der Waals surface area contributed by atoms with Gasteiger partial charge in [0.25, 0.3) is 0 Å². The van der Waals surface area contributed by atoms with Gasteiger partial charge in [0.2, 0.25) is 0 Å². The van der Waals surface area contributed by atoms with Gasteiger partial charge in [0.1, 0.15) is 5.82 Å². The predicted molar refractivity (Wildman–Crippen MR) is 82.7 cm³/mol. The minimum atomic E-state index is 0.342. The van der Waals surface area contributed by atoms with Gasteiger partial charge in [0, 0.05) is 31.4 Å². The molecule has 0 aliphatic heterocycles. The molecule has 0 aliphatic carbocycles. The number of H-pyrrole nitrogens is 1. The van der Waals surface area contributed by atoms with Crippen LogP contribution in [0.15, 0.2) is 54.9 Å². The summed E-state index contributed by atoms with van der Waals surface area (Å²) in [4.78, 5) is 7.35. The second kappa shape index (κ2) is 5.88. The van der Waals surface area contributed by atoms with Gasteiger partial charge < -0.3 is 10.3 Å². The Morgan fingerprint density at radius 2 is 2.00 bits per heavy atom. The van der Waals surface area contributed by atoms with Crippen LogP contribution in [-0.4, -0.2) is 16.5 Å². The fraction of sp³-hybridized carbons (Fsp3) is 0.235. The molecule has 0 saturated heterocycles. The van der Waals surface area contributed by atoms with Crippen molar-refractivity contribution in [1.82, 2.24) is 15.3 Å². The lowest BCUT2D eigenvalue weighted by Gasteiger charge is -2.14. The maximum Gasteiger partial charge on any atom is 0.107 e. The van der Waals surface area contributed by atoms with Crippen molar-refractivity contribution in [2.24, 2.45) is 0 Å². The van der Waals surface area contributed by atoms with Crippen molar-refractivity contribution in [3.8, 4) is 0 Å². The average molecular weight is 265 g/mol. The summed E-state index contributed by atoms with van der Waals surface area (Å²) in [5.74, 6) is 1.03. The molecule has 0 aliphatic rings. The Bertz CT molecular complexity index is 674. The third-order valence-electron chi connectivity index (χ3n) is 3.64. The van der Waals surface area contributed by atoms with E-state index in [4.69, 9.17) is 0 Å². The average Bonchev–Trinajstić information content (AvgIpc) is 3.00. The van der Waals surface area contributed by atoms with E-state index in [1.165, 1.54) is 16.3 Å². The summed E-state index contributed by atoms with van der Waals surface area (Å²) in [5, 5.41) is 6.13. The van der Waals surface area contributed by atoms with Gasteiger partial charge in [0.15, 0.2) is 0 Å². The highest BCUT2D eigenvalue weighted by molar-refractivity contribution is 5.83. The second-order valence-corrected chi connectivity index (χ2v) is 5.07. The Morgan fingerprint density at radius 3 is 2.80 bits per heavy atom. The zero-order chi connectivity index (χ0) is 13.8. The number of benzene rings is 2. The number of imidazole rings is 1. The molecule has 3 rings (SSSR count). The molecule has 1 heterocycles. The first-order chi connectivity index (χ1) is 9.83. The van der Waals surface area contributed by atoms with E-state index in [-0.39, 0.29) is 0 Å². The fourth-order valence-corrected chi connectivity index (χ4v) is 2.44. The van der Waals surface area contributed by atoms with Crippen LogP contribution < -0.4 is 5.32 Å². The van der Waals surface area contributed by atoms with Gasteiger partial charge in [-0.3, -0.25) is 0 Å². The predicted octanol–water partition coefficient (Wildman–Crippen LogP) is 3.46. The van der Waals surface area contributed by atoms with E-state index in [1.807, 2.05) is 6.20 Å². The number of aromatic amines is 1. The van der Waals surface area contributed by atoms with Crippen LogP contribution in [-0.2, 0) is 6.42 Å². The largest absolute Gasteiger partial charge is 0.349 e. The highest BCUT2D eigenvalue weighted by atomic mass is 14.9. The molecule has 102 valence electrons. The minimum absolute atomic E-state index is 0.342. The number of nitrogens with zero attached hydrogens (tertiary/aromatic N) is 1. The summed E-state index contributed by atoms with van der Waals surface area (Å²) in [6, 6.07) is 15.5. The molecule has 1 atom stereocenters. The normalized spacial score (nSPS) is 12.7. The van der Waals surface area contributed by atoms with E-state index in [9.17, 15) is 0 Å². The Balaban J connectivity index is 1.64. The van der Waals surface area contributed by atoms with Crippen LogP contribution in [0, 0.1) is 0 Å². The molecule has 20 heavy (non-hydrogen) atoms. The van der Waals surface area contributed by atoms with Gasteiger partial charge in [-0.2, -0.15) is 0 Å². The zero-order valence-electron chi connectivity index (χ0n) is 11.6. The first-order valence-corrected chi connectivity index (χ1v) is 7.03. The lowest BCUT2D eigenvalue weighted by molar-refractivity contribution is 0.572. The molecule has 3 aromatic rings. The molecule has 0 amide bonds. The van der Waals surface area contributed by atoms with Crippen LogP contribution >= 0.6 is 0 Å². The highest BCUT2D eigenvalue weighted by Gasteiger charge is 2.05. The highest BCUT2D eigenvalue weighted by Crippen LogP contribution is 2.20. The Kier molecular flexibility index (Phi) is 3.79.